The van der Waals surface area contributed by atoms with Gasteiger partial charge in [0, 0.05) is 22.9 Å². The van der Waals surface area contributed by atoms with Gasteiger partial charge in [0.2, 0.25) is 0 Å². The number of benzene rings is 2. The van der Waals surface area contributed by atoms with Gasteiger partial charge in [0.05, 0.1) is 0 Å². The molecule has 0 spiro atoms. The molecule has 0 N–H and O–H groups in total. The molecule has 1 heterocycles. The molecular formula is C21H24ClNOS. The highest BCUT2D eigenvalue weighted by molar-refractivity contribution is 7.99. The zero-order valence-electron chi connectivity index (χ0n) is 14.6. The Hall–Kier alpha value is -1.45. The van der Waals surface area contributed by atoms with E-state index in [0.29, 0.717) is 5.02 Å². The van der Waals surface area contributed by atoms with Crippen LogP contribution >= 0.6 is 23.4 Å². The lowest BCUT2D eigenvalue weighted by Gasteiger charge is -2.24. The zero-order valence-corrected chi connectivity index (χ0v) is 16.2. The summed E-state index contributed by atoms with van der Waals surface area (Å²) in [6.45, 7) is 2.99. The molecule has 1 fully saturated rings. The highest BCUT2D eigenvalue weighted by Gasteiger charge is 2.31. The van der Waals surface area contributed by atoms with Gasteiger partial charge in [-0.1, -0.05) is 55.6 Å². The summed E-state index contributed by atoms with van der Waals surface area (Å²) in [5, 5.41) is 0.768. The number of nitrogens with zero attached hydrogens (tertiary/aromatic N) is 1. The summed E-state index contributed by atoms with van der Waals surface area (Å²) in [4.78, 5) is 14.9. The normalized spacial score (nSPS) is 17.0. The van der Waals surface area contributed by atoms with Crippen molar-refractivity contribution >= 4 is 29.3 Å². The van der Waals surface area contributed by atoms with Gasteiger partial charge in [-0.2, -0.15) is 0 Å². The molecule has 4 heteroatoms. The molecule has 1 amide bonds. The van der Waals surface area contributed by atoms with Crippen LogP contribution in [0, 0.1) is 0 Å². The zero-order chi connectivity index (χ0) is 17.6. The highest BCUT2D eigenvalue weighted by atomic mass is 35.5. The molecule has 1 aliphatic rings. The Morgan fingerprint density at radius 2 is 2.00 bits per heavy atom. The van der Waals surface area contributed by atoms with Crippen LogP contribution in [-0.2, 0) is 6.42 Å². The summed E-state index contributed by atoms with van der Waals surface area (Å²) in [5.74, 6) is 1.06. The van der Waals surface area contributed by atoms with Gasteiger partial charge >= 0.3 is 0 Å². The first-order chi connectivity index (χ1) is 12.2. The van der Waals surface area contributed by atoms with Crippen LogP contribution in [0.3, 0.4) is 0 Å². The van der Waals surface area contributed by atoms with Gasteiger partial charge in [0.25, 0.3) is 5.91 Å². The molecule has 0 radical (unpaired) electrons. The SMILES string of the molecule is CCCCCc1ccc(C(=O)N2CCS[C@@H]2c2cccc(Cl)c2)cc1. The van der Waals surface area contributed by atoms with E-state index < -0.39 is 0 Å². The maximum Gasteiger partial charge on any atom is 0.255 e. The van der Waals surface area contributed by atoms with E-state index in [1.807, 2.05) is 41.3 Å². The van der Waals surface area contributed by atoms with E-state index in [1.54, 1.807) is 11.8 Å². The molecule has 2 aromatic carbocycles. The second kappa shape index (κ2) is 8.77. The lowest BCUT2D eigenvalue weighted by atomic mass is 10.0. The van der Waals surface area contributed by atoms with Crippen molar-refractivity contribution in [2.75, 3.05) is 12.3 Å². The number of carbonyl (C=O) groups excluding carboxylic acids is 1. The van der Waals surface area contributed by atoms with E-state index in [0.717, 1.165) is 29.8 Å². The van der Waals surface area contributed by atoms with Crippen molar-refractivity contribution in [2.24, 2.45) is 0 Å². The van der Waals surface area contributed by atoms with Crippen molar-refractivity contribution in [1.29, 1.82) is 0 Å². The monoisotopic (exact) mass is 373 g/mol. The van der Waals surface area contributed by atoms with Crippen LogP contribution in [0.2, 0.25) is 5.02 Å². The first-order valence-electron chi connectivity index (χ1n) is 8.96. The Morgan fingerprint density at radius 3 is 2.72 bits per heavy atom. The van der Waals surface area contributed by atoms with Crippen molar-refractivity contribution < 1.29 is 4.79 Å². The molecule has 0 saturated carbocycles. The summed E-state index contributed by atoms with van der Waals surface area (Å²) in [7, 11) is 0. The van der Waals surface area contributed by atoms with E-state index in [-0.39, 0.29) is 11.3 Å². The molecule has 0 unspecified atom stereocenters. The Bertz CT molecular complexity index is 716. The van der Waals surface area contributed by atoms with Crippen molar-refractivity contribution in [3.63, 3.8) is 0 Å². The molecule has 25 heavy (non-hydrogen) atoms. The fourth-order valence-corrected chi connectivity index (χ4v) is 4.62. The first-order valence-corrected chi connectivity index (χ1v) is 10.4. The van der Waals surface area contributed by atoms with Crippen molar-refractivity contribution in [3.05, 3.63) is 70.2 Å². The molecule has 1 saturated heterocycles. The predicted molar refractivity (Wildman–Crippen MR) is 107 cm³/mol. The lowest BCUT2D eigenvalue weighted by Crippen LogP contribution is -2.30. The number of hydrogen-bond acceptors (Lipinski definition) is 2. The van der Waals surface area contributed by atoms with E-state index >= 15 is 0 Å². The van der Waals surface area contributed by atoms with Gasteiger partial charge in [-0.05, 0) is 48.2 Å². The summed E-state index contributed by atoms with van der Waals surface area (Å²) in [6, 6.07) is 16.0. The Morgan fingerprint density at radius 1 is 1.20 bits per heavy atom. The Kier molecular flexibility index (Phi) is 6.44. The minimum Gasteiger partial charge on any atom is -0.322 e. The van der Waals surface area contributed by atoms with E-state index in [2.05, 4.69) is 19.1 Å². The molecule has 3 rings (SSSR count). The van der Waals surface area contributed by atoms with Crippen LogP contribution in [0.4, 0.5) is 0 Å². The van der Waals surface area contributed by atoms with Crippen LogP contribution < -0.4 is 0 Å². The van der Waals surface area contributed by atoms with E-state index in [1.165, 1.54) is 24.8 Å². The fourth-order valence-electron chi connectivity index (χ4n) is 3.17. The molecule has 1 aliphatic heterocycles. The molecule has 0 bridgehead atoms. The minimum atomic E-state index is 0.0513. The fraction of sp³-hybridized carbons (Fsp3) is 0.381. The van der Waals surface area contributed by atoms with Gasteiger partial charge < -0.3 is 4.90 Å². The lowest BCUT2D eigenvalue weighted by molar-refractivity contribution is 0.0760. The maximum absolute atomic E-state index is 13.0. The second-order valence-corrected chi connectivity index (χ2v) is 8.06. The van der Waals surface area contributed by atoms with E-state index in [4.69, 9.17) is 11.6 Å². The summed E-state index contributed by atoms with van der Waals surface area (Å²) in [5.41, 5.74) is 3.18. The maximum atomic E-state index is 13.0. The number of halogens is 1. The highest BCUT2D eigenvalue weighted by Crippen LogP contribution is 2.39. The summed E-state index contributed by atoms with van der Waals surface area (Å²) < 4.78 is 0. The molecule has 0 aliphatic carbocycles. The second-order valence-electron chi connectivity index (χ2n) is 6.43. The van der Waals surface area contributed by atoms with Gasteiger partial charge in [-0.25, -0.2) is 0 Å². The number of thioether (sulfide) groups is 1. The van der Waals surface area contributed by atoms with Crippen LogP contribution in [0.5, 0.6) is 0 Å². The standard InChI is InChI=1S/C21H24ClNOS/c1-2-3-4-6-16-9-11-17(12-10-16)20(24)23-13-14-25-21(23)18-7-5-8-19(22)15-18/h5,7-12,15,21H,2-4,6,13-14H2,1H3/t21-/m1/s1. The predicted octanol–water partition coefficient (Wildman–Crippen LogP) is 5.96. The van der Waals surface area contributed by atoms with Gasteiger partial charge in [-0.3, -0.25) is 4.79 Å². The smallest absolute Gasteiger partial charge is 0.255 e. The first kappa shape index (κ1) is 18.3. The molecular weight excluding hydrogens is 350 g/mol. The Balaban J connectivity index is 1.71. The van der Waals surface area contributed by atoms with Gasteiger partial charge in [-0.15, -0.1) is 11.8 Å². The average Bonchev–Trinajstić information content (AvgIpc) is 3.12. The Labute approximate surface area is 159 Å². The number of rotatable bonds is 6. The van der Waals surface area contributed by atoms with Crippen molar-refractivity contribution in [2.45, 2.75) is 38.0 Å². The van der Waals surface area contributed by atoms with Crippen LogP contribution in [-0.4, -0.2) is 23.1 Å². The number of amides is 1. The summed E-state index contributed by atoms with van der Waals surface area (Å²) in [6.07, 6.45) is 4.79. The van der Waals surface area contributed by atoms with Crippen molar-refractivity contribution in [1.82, 2.24) is 4.90 Å². The molecule has 2 nitrogen and oxygen atoms in total. The van der Waals surface area contributed by atoms with Gasteiger partial charge in [0.15, 0.2) is 0 Å². The third kappa shape index (κ3) is 4.59. The van der Waals surface area contributed by atoms with E-state index in [9.17, 15) is 4.79 Å². The number of hydrogen-bond donors (Lipinski definition) is 0. The molecule has 2 aromatic rings. The quantitative estimate of drug-likeness (QED) is 0.582. The topological polar surface area (TPSA) is 20.3 Å². The minimum absolute atomic E-state index is 0.0513. The largest absolute Gasteiger partial charge is 0.322 e. The third-order valence-corrected chi connectivity index (χ3v) is 6.05. The summed E-state index contributed by atoms with van der Waals surface area (Å²) >= 11 is 7.92. The number of aryl methyl sites for hydroxylation is 1. The molecule has 132 valence electrons. The van der Waals surface area contributed by atoms with Crippen molar-refractivity contribution in [3.8, 4) is 0 Å². The molecule has 0 aromatic heterocycles. The number of unbranched alkanes of at least 4 members (excludes halogenated alkanes) is 2. The van der Waals surface area contributed by atoms with Crippen LogP contribution in [0.15, 0.2) is 48.5 Å². The average molecular weight is 374 g/mol. The van der Waals surface area contributed by atoms with Gasteiger partial charge in [0.1, 0.15) is 5.37 Å². The number of carbonyl (C=O) groups is 1. The third-order valence-electron chi connectivity index (χ3n) is 4.56. The van der Waals surface area contributed by atoms with Crippen LogP contribution in [0.25, 0.3) is 0 Å². The molecule has 1 atom stereocenters. The van der Waals surface area contributed by atoms with Crippen LogP contribution in [0.1, 0.15) is 53.0 Å².